The molecule has 0 saturated heterocycles. The summed E-state index contributed by atoms with van der Waals surface area (Å²) in [6, 6.07) is 11.0. The van der Waals surface area contributed by atoms with Crippen LogP contribution in [0, 0.1) is 0 Å². The second-order valence-corrected chi connectivity index (χ2v) is 5.88. The van der Waals surface area contributed by atoms with Crippen molar-refractivity contribution in [2.24, 2.45) is 0 Å². The highest BCUT2D eigenvalue weighted by molar-refractivity contribution is 7.99. The lowest BCUT2D eigenvalue weighted by atomic mass is 10.2. The Labute approximate surface area is 119 Å². The Balaban J connectivity index is 1.85. The number of thioether (sulfide) groups is 1. The molecule has 0 bridgehead atoms. The second-order valence-electron chi connectivity index (χ2n) is 4.56. The van der Waals surface area contributed by atoms with E-state index in [0.29, 0.717) is 6.04 Å². The van der Waals surface area contributed by atoms with Crippen LogP contribution in [0.2, 0.25) is 0 Å². The van der Waals surface area contributed by atoms with Gasteiger partial charge in [0.05, 0.1) is 5.69 Å². The average molecular weight is 275 g/mol. The van der Waals surface area contributed by atoms with Crippen LogP contribution in [0.5, 0.6) is 0 Å². The number of aromatic nitrogens is 2. The number of nitrogens with one attached hydrogen (secondary N) is 1. The maximum Gasteiger partial charge on any atom is 0.0645 e. The molecule has 0 spiro atoms. The van der Waals surface area contributed by atoms with Crippen molar-refractivity contribution in [2.75, 3.05) is 11.5 Å². The summed E-state index contributed by atoms with van der Waals surface area (Å²) in [6.45, 7) is 5.36. The summed E-state index contributed by atoms with van der Waals surface area (Å²) >= 11 is 1.98. The molecule has 3 nitrogen and oxygen atoms in total. The van der Waals surface area contributed by atoms with Gasteiger partial charge in [-0.2, -0.15) is 16.9 Å². The van der Waals surface area contributed by atoms with Crippen LogP contribution in [0.4, 0.5) is 0 Å². The minimum Gasteiger partial charge on any atom is -0.309 e. The van der Waals surface area contributed by atoms with Crippen molar-refractivity contribution in [3.63, 3.8) is 0 Å². The first-order chi connectivity index (χ1) is 9.29. The van der Waals surface area contributed by atoms with Crippen molar-refractivity contribution < 1.29 is 0 Å². The maximum absolute atomic E-state index is 4.22. The van der Waals surface area contributed by atoms with Gasteiger partial charge >= 0.3 is 0 Å². The van der Waals surface area contributed by atoms with E-state index in [1.54, 1.807) is 6.20 Å². The van der Waals surface area contributed by atoms with Gasteiger partial charge < -0.3 is 5.32 Å². The average Bonchev–Trinajstić information content (AvgIpc) is 2.97. The lowest BCUT2D eigenvalue weighted by Crippen LogP contribution is -2.27. The molecular weight excluding hydrogens is 254 g/mol. The fourth-order valence-corrected chi connectivity index (χ4v) is 2.54. The minimum atomic E-state index is 0.552. The predicted octanol–water partition coefficient (Wildman–Crippen LogP) is 3.10. The zero-order valence-corrected chi connectivity index (χ0v) is 12.4. The number of benzene rings is 1. The van der Waals surface area contributed by atoms with E-state index in [-0.39, 0.29) is 0 Å². The van der Waals surface area contributed by atoms with Gasteiger partial charge in [0.2, 0.25) is 0 Å². The Morgan fingerprint density at radius 3 is 2.74 bits per heavy atom. The normalized spacial score (nSPS) is 12.5. The fraction of sp³-hybridized carbons (Fsp3) is 0.400. The Morgan fingerprint density at radius 1 is 1.32 bits per heavy atom. The minimum absolute atomic E-state index is 0.552. The van der Waals surface area contributed by atoms with Crippen molar-refractivity contribution in [3.05, 3.63) is 48.3 Å². The zero-order chi connectivity index (χ0) is 13.5. The topological polar surface area (TPSA) is 29.9 Å². The highest BCUT2D eigenvalue weighted by Crippen LogP contribution is 2.09. The zero-order valence-electron chi connectivity index (χ0n) is 11.5. The molecule has 1 aromatic carbocycles. The second kappa shape index (κ2) is 7.36. The SMILES string of the molecule is CCSCC(C)NCc1ccc(-n2cccn2)cc1. The fourth-order valence-electron chi connectivity index (χ4n) is 1.83. The van der Waals surface area contributed by atoms with Crippen LogP contribution < -0.4 is 5.32 Å². The highest BCUT2D eigenvalue weighted by Gasteiger charge is 2.01. The summed E-state index contributed by atoms with van der Waals surface area (Å²) in [5.41, 5.74) is 2.41. The molecule has 0 amide bonds. The third kappa shape index (κ3) is 4.40. The Bertz CT molecular complexity index is 465. The van der Waals surface area contributed by atoms with Gasteiger partial charge in [0.15, 0.2) is 0 Å². The molecule has 0 aliphatic heterocycles. The molecule has 4 heteroatoms. The molecule has 2 aromatic rings. The third-order valence-corrected chi connectivity index (χ3v) is 4.08. The van der Waals surface area contributed by atoms with Crippen LogP contribution in [0.1, 0.15) is 19.4 Å². The van der Waals surface area contributed by atoms with Crippen LogP contribution in [0.15, 0.2) is 42.7 Å². The Morgan fingerprint density at radius 2 is 2.11 bits per heavy atom. The Kier molecular flexibility index (Phi) is 5.48. The number of hydrogen-bond acceptors (Lipinski definition) is 3. The quantitative estimate of drug-likeness (QED) is 0.842. The van der Waals surface area contributed by atoms with Gasteiger partial charge in [-0.15, -0.1) is 0 Å². The summed E-state index contributed by atoms with van der Waals surface area (Å²) < 4.78 is 1.87. The van der Waals surface area contributed by atoms with E-state index in [1.165, 1.54) is 17.1 Å². The summed E-state index contributed by atoms with van der Waals surface area (Å²) in [5, 5.41) is 7.77. The van der Waals surface area contributed by atoms with E-state index in [4.69, 9.17) is 0 Å². The van der Waals surface area contributed by atoms with Gasteiger partial charge in [0.25, 0.3) is 0 Å². The van der Waals surface area contributed by atoms with Crippen molar-refractivity contribution >= 4 is 11.8 Å². The molecule has 1 aromatic heterocycles. The maximum atomic E-state index is 4.22. The molecule has 2 rings (SSSR count). The first-order valence-electron chi connectivity index (χ1n) is 6.69. The molecule has 0 aliphatic carbocycles. The van der Waals surface area contributed by atoms with E-state index in [0.717, 1.165) is 12.2 Å². The molecule has 0 aliphatic rings. The van der Waals surface area contributed by atoms with Gasteiger partial charge in [-0.25, -0.2) is 4.68 Å². The van der Waals surface area contributed by atoms with E-state index >= 15 is 0 Å². The third-order valence-electron chi connectivity index (χ3n) is 2.93. The van der Waals surface area contributed by atoms with E-state index in [1.807, 2.05) is 28.7 Å². The molecule has 1 unspecified atom stereocenters. The van der Waals surface area contributed by atoms with Crippen molar-refractivity contribution in [1.82, 2.24) is 15.1 Å². The van der Waals surface area contributed by atoms with Gasteiger partial charge in [0, 0.05) is 30.7 Å². The molecule has 19 heavy (non-hydrogen) atoms. The van der Waals surface area contributed by atoms with Gasteiger partial charge in [0.1, 0.15) is 0 Å². The molecular formula is C15H21N3S. The van der Waals surface area contributed by atoms with Crippen LogP contribution in [0.3, 0.4) is 0 Å². The molecule has 0 radical (unpaired) electrons. The number of hydrogen-bond donors (Lipinski definition) is 1. The molecule has 1 heterocycles. The van der Waals surface area contributed by atoms with Crippen LogP contribution in [-0.2, 0) is 6.54 Å². The van der Waals surface area contributed by atoms with Crippen molar-refractivity contribution in [1.29, 1.82) is 0 Å². The first-order valence-corrected chi connectivity index (χ1v) is 7.85. The van der Waals surface area contributed by atoms with E-state index in [2.05, 4.69) is 48.5 Å². The van der Waals surface area contributed by atoms with Gasteiger partial charge in [-0.1, -0.05) is 19.1 Å². The number of nitrogens with zero attached hydrogens (tertiary/aromatic N) is 2. The molecule has 102 valence electrons. The van der Waals surface area contributed by atoms with Gasteiger partial charge in [-0.05, 0) is 36.4 Å². The predicted molar refractivity (Wildman–Crippen MR) is 82.9 cm³/mol. The standard InChI is InChI=1S/C15H21N3S/c1-3-19-12-13(2)16-11-14-5-7-15(8-6-14)18-10-4-9-17-18/h4-10,13,16H,3,11-12H2,1-2H3. The molecule has 0 saturated carbocycles. The summed E-state index contributed by atoms with van der Waals surface area (Å²) in [5.74, 6) is 2.35. The molecule has 1 N–H and O–H groups in total. The summed E-state index contributed by atoms with van der Waals surface area (Å²) in [7, 11) is 0. The van der Waals surface area contributed by atoms with Gasteiger partial charge in [-0.3, -0.25) is 0 Å². The summed E-state index contributed by atoms with van der Waals surface area (Å²) in [4.78, 5) is 0. The van der Waals surface area contributed by atoms with E-state index in [9.17, 15) is 0 Å². The van der Waals surface area contributed by atoms with Crippen molar-refractivity contribution in [3.8, 4) is 5.69 Å². The van der Waals surface area contributed by atoms with E-state index < -0.39 is 0 Å². The smallest absolute Gasteiger partial charge is 0.0645 e. The largest absolute Gasteiger partial charge is 0.309 e. The Hall–Kier alpha value is -1.26. The lowest BCUT2D eigenvalue weighted by Gasteiger charge is -2.13. The lowest BCUT2D eigenvalue weighted by molar-refractivity contribution is 0.596. The number of rotatable bonds is 7. The molecule has 0 fully saturated rings. The highest BCUT2D eigenvalue weighted by atomic mass is 32.2. The molecule has 1 atom stereocenters. The van der Waals surface area contributed by atoms with Crippen LogP contribution >= 0.6 is 11.8 Å². The van der Waals surface area contributed by atoms with Crippen molar-refractivity contribution in [2.45, 2.75) is 26.4 Å². The van der Waals surface area contributed by atoms with Crippen LogP contribution in [0.25, 0.3) is 5.69 Å². The first kappa shape index (κ1) is 14.2. The summed E-state index contributed by atoms with van der Waals surface area (Å²) in [6.07, 6.45) is 3.75. The van der Waals surface area contributed by atoms with Crippen LogP contribution in [-0.4, -0.2) is 27.3 Å². The monoisotopic (exact) mass is 275 g/mol.